The van der Waals surface area contributed by atoms with Crippen LogP contribution < -0.4 is 5.32 Å². The Bertz CT molecular complexity index is 857. The molecule has 0 spiro atoms. The summed E-state index contributed by atoms with van der Waals surface area (Å²) in [5, 5.41) is 42.2. The van der Waals surface area contributed by atoms with Gasteiger partial charge in [0.15, 0.2) is 4.98 Å². The molecule has 28 heavy (non-hydrogen) atoms. The number of nitro groups is 1. The molecule has 11 nitrogen and oxygen atoms in total. The zero-order chi connectivity index (χ0) is 21.0. The number of amides is 1. The maximum Gasteiger partial charge on any atom is 0.505 e. The first-order chi connectivity index (χ1) is 13.2. The molecule has 1 amide bonds. The Kier molecular flexibility index (Phi) is 6.27. The van der Waals surface area contributed by atoms with E-state index in [4.69, 9.17) is 10.1 Å². The lowest BCUT2D eigenvalue weighted by Gasteiger charge is -2.41. The van der Waals surface area contributed by atoms with Gasteiger partial charge in [-0.05, 0) is 24.6 Å². The summed E-state index contributed by atoms with van der Waals surface area (Å²) >= 11 is 0. The van der Waals surface area contributed by atoms with E-state index in [9.17, 15) is 29.9 Å². The molecule has 1 aromatic carbocycles. The average Bonchev–Trinajstić information content (AvgIpc) is 2.63. The van der Waals surface area contributed by atoms with E-state index in [1.807, 2.05) is 0 Å². The summed E-state index contributed by atoms with van der Waals surface area (Å²) in [5.41, 5.74) is -0.410. The first kappa shape index (κ1) is 20.8. The zero-order valence-corrected chi connectivity index (χ0v) is 15.1. The minimum atomic E-state index is -1.12. The predicted molar refractivity (Wildman–Crippen MR) is 93.9 cm³/mol. The first-order valence-electron chi connectivity index (χ1n) is 8.34. The summed E-state index contributed by atoms with van der Waals surface area (Å²) in [6.07, 6.45) is -0.961. The van der Waals surface area contributed by atoms with Crippen LogP contribution in [0.3, 0.4) is 0 Å². The van der Waals surface area contributed by atoms with Gasteiger partial charge in [0.1, 0.15) is 6.61 Å². The molecule has 1 fully saturated rings. The number of hydrogen-bond donors (Lipinski definition) is 3. The maximum absolute atomic E-state index is 12.1. The highest BCUT2D eigenvalue weighted by atomic mass is 16.6. The third kappa shape index (κ3) is 4.24. The van der Waals surface area contributed by atoms with E-state index in [0.717, 1.165) is 0 Å². The zero-order valence-electron chi connectivity index (χ0n) is 15.1. The van der Waals surface area contributed by atoms with Gasteiger partial charge < -0.3 is 20.3 Å². The molecular weight excluding hydrogens is 372 g/mol. The molecule has 0 aromatic heterocycles. The summed E-state index contributed by atoms with van der Waals surface area (Å²) in [5.74, 6) is -3.71. The highest BCUT2D eigenvalue weighted by Gasteiger charge is 2.48. The topological polar surface area (TPSA) is 167 Å². The van der Waals surface area contributed by atoms with Crippen molar-refractivity contribution in [1.82, 2.24) is 5.32 Å². The van der Waals surface area contributed by atoms with Crippen LogP contribution in [0.25, 0.3) is 4.98 Å². The number of aliphatic hydroxyl groups excluding tert-OH is 2. The van der Waals surface area contributed by atoms with Crippen molar-refractivity contribution in [2.75, 3.05) is 0 Å². The van der Waals surface area contributed by atoms with Crippen LogP contribution in [0.5, 0.6) is 0 Å². The highest BCUT2D eigenvalue weighted by molar-refractivity contribution is 5.91. The number of non-ortho nitro benzene ring substituents is 1. The maximum atomic E-state index is 12.1. The molecule has 4 atom stereocenters. The molecule has 0 unspecified atom stereocenters. The highest BCUT2D eigenvalue weighted by Crippen LogP contribution is 2.30. The minimum Gasteiger partial charge on any atom is -0.504 e. The van der Waals surface area contributed by atoms with Crippen LogP contribution >= 0.6 is 0 Å². The molecule has 1 heterocycles. The molecule has 1 aliphatic heterocycles. The molecule has 0 saturated carbocycles. The van der Waals surface area contributed by atoms with Crippen molar-refractivity contribution in [2.24, 2.45) is 11.8 Å². The number of benzene rings is 1. The third-order valence-electron chi connectivity index (χ3n) is 4.54. The lowest BCUT2D eigenvalue weighted by Crippen LogP contribution is -2.64. The van der Waals surface area contributed by atoms with Gasteiger partial charge in [0.05, 0.1) is 23.0 Å². The fraction of sp³-hybridized carbons (Fsp3) is 0.412. The molecule has 1 aliphatic rings. The van der Waals surface area contributed by atoms with Gasteiger partial charge in [-0.25, -0.2) is 4.79 Å². The number of nitro benzene ring substituents is 1. The molecule has 2 rings (SSSR count). The monoisotopic (exact) mass is 391 g/mol. The smallest absolute Gasteiger partial charge is 0.504 e. The van der Waals surface area contributed by atoms with Crippen LogP contribution in [0.4, 0.5) is 5.69 Å². The van der Waals surface area contributed by atoms with Crippen LogP contribution in [0, 0.1) is 27.3 Å². The fourth-order valence-electron chi connectivity index (χ4n) is 2.89. The average molecular weight is 391 g/mol. The quantitative estimate of drug-likeness (QED) is 0.119. The Balaban J connectivity index is 2.07. The Morgan fingerprint density at radius 1 is 1.39 bits per heavy atom. The van der Waals surface area contributed by atoms with Gasteiger partial charge in [-0.3, -0.25) is 14.9 Å². The van der Waals surface area contributed by atoms with Gasteiger partial charge in [-0.15, -0.1) is 0 Å². The normalized spacial score (nSPS) is 21.3. The number of nitrogens with zero attached hydrogens (tertiary/aromatic N) is 3. The van der Waals surface area contributed by atoms with Crippen molar-refractivity contribution in [3.05, 3.63) is 56.4 Å². The summed E-state index contributed by atoms with van der Waals surface area (Å²) in [6.45, 7) is 2.65. The van der Waals surface area contributed by atoms with E-state index in [0.29, 0.717) is 5.56 Å². The second-order valence-electron chi connectivity index (χ2n) is 6.42. The molecule has 0 aliphatic carbocycles. The summed E-state index contributed by atoms with van der Waals surface area (Å²) in [7, 11) is 0. The molecular formula is C17H19N4O7+. The molecule has 1 saturated heterocycles. The third-order valence-corrected chi connectivity index (χ3v) is 4.54. The summed E-state index contributed by atoms with van der Waals surface area (Å²) in [4.78, 5) is 36.5. The Hall–Kier alpha value is -3.52. The van der Waals surface area contributed by atoms with E-state index in [-0.39, 0.29) is 18.2 Å². The van der Waals surface area contributed by atoms with E-state index in [1.165, 1.54) is 38.1 Å². The number of nitrogens with one attached hydrogen (secondary N) is 1. The molecule has 0 bridgehead atoms. The number of carbonyl (C=O) groups is 2. The Labute approximate surface area is 159 Å². The van der Waals surface area contributed by atoms with Crippen molar-refractivity contribution in [2.45, 2.75) is 32.6 Å². The van der Waals surface area contributed by atoms with Crippen LogP contribution in [-0.4, -0.2) is 39.2 Å². The minimum absolute atomic E-state index is 0.122. The van der Waals surface area contributed by atoms with Crippen LogP contribution in [-0.2, 0) is 20.9 Å². The van der Waals surface area contributed by atoms with Gasteiger partial charge in [0, 0.05) is 18.1 Å². The van der Waals surface area contributed by atoms with E-state index in [2.05, 4.69) is 10.3 Å². The van der Waals surface area contributed by atoms with Gasteiger partial charge in [0.2, 0.25) is 17.1 Å². The molecule has 0 radical (unpaired) electrons. The number of carbonyl (C=O) groups excluding carboxylic acids is 2. The van der Waals surface area contributed by atoms with Crippen molar-refractivity contribution in [1.29, 1.82) is 5.39 Å². The van der Waals surface area contributed by atoms with Crippen molar-refractivity contribution in [3.63, 3.8) is 0 Å². The lowest BCUT2D eigenvalue weighted by molar-refractivity contribution is -0.384. The SMILES string of the molecule is C[C@@H](O)[C@H]1C(=O)N[C@@H]1[C@@H](C)/C(O)=C(\[N+]#N)C(=O)OCc1ccc([N+](=O)[O-])cc1. The number of β-lactam (4-membered cyclic amide) rings is 1. The Morgan fingerprint density at radius 3 is 2.46 bits per heavy atom. The van der Waals surface area contributed by atoms with E-state index in [1.54, 1.807) is 0 Å². The number of esters is 1. The molecule has 11 heteroatoms. The van der Waals surface area contributed by atoms with Crippen LogP contribution in [0.15, 0.2) is 35.7 Å². The van der Waals surface area contributed by atoms with Crippen molar-refractivity contribution in [3.8, 4) is 0 Å². The summed E-state index contributed by atoms with van der Waals surface area (Å²) in [6, 6.07) is 4.62. The second kappa shape index (κ2) is 8.45. The van der Waals surface area contributed by atoms with Gasteiger partial charge in [-0.2, -0.15) is 0 Å². The molecule has 3 N–H and O–H groups in total. The van der Waals surface area contributed by atoms with E-state index < -0.39 is 46.3 Å². The van der Waals surface area contributed by atoms with Gasteiger partial charge in [0.25, 0.3) is 5.69 Å². The number of ether oxygens (including phenoxy) is 1. The molecule has 148 valence electrons. The van der Waals surface area contributed by atoms with E-state index >= 15 is 0 Å². The first-order valence-corrected chi connectivity index (χ1v) is 8.34. The lowest BCUT2D eigenvalue weighted by atomic mass is 9.78. The molecule has 1 aromatic rings. The fourth-order valence-corrected chi connectivity index (χ4v) is 2.89. The number of aliphatic hydroxyl groups is 2. The standard InChI is InChI=1S/C17H18N4O7/c1-8(13-12(9(2)22)16(24)19-13)15(23)14(20-18)17(25)28-7-10-3-5-11(6-4-10)21(26)27/h3-6,8-9,12-13,22H,7H2,1-2H3,(H-,19,23,24,25)/p+1/t8-,9-,12-,13-/m1/s1. The number of hydrogen-bond acceptors (Lipinski definition) is 8. The van der Waals surface area contributed by atoms with Gasteiger partial charge >= 0.3 is 11.7 Å². The number of diazo groups is 1. The van der Waals surface area contributed by atoms with Crippen LogP contribution in [0.2, 0.25) is 0 Å². The van der Waals surface area contributed by atoms with Gasteiger partial charge in [-0.1, -0.05) is 6.92 Å². The van der Waals surface area contributed by atoms with Crippen LogP contribution in [0.1, 0.15) is 19.4 Å². The summed E-state index contributed by atoms with van der Waals surface area (Å²) < 4.78 is 4.96. The van der Waals surface area contributed by atoms with Crippen molar-refractivity contribution >= 4 is 17.6 Å². The Morgan fingerprint density at radius 2 is 2.00 bits per heavy atom. The predicted octanol–water partition coefficient (Wildman–Crippen LogP) is 1.39. The van der Waals surface area contributed by atoms with Crippen molar-refractivity contribution < 1.29 is 29.5 Å². The largest absolute Gasteiger partial charge is 0.505 e. The number of rotatable bonds is 7. The second-order valence-corrected chi connectivity index (χ2v) is 6.42.